The van der Waals surface area contributed by atoms with E-state index < -0.39 is 17.3 Å². The maximum absolute atomic E-state index is 12.7. The number of carbonyl (C=O) groups excluding carboxylic acids is 2. The molecule has 0 heterocycles. The average molecular weight is 273 g/mol. The van der Waals surface area contributed by atoms with E-state index >= 15 is 0 Å². The summed E-state index contributed by atoms with van der Waals surface area (Å²) in [7, 11) is 0. The molecular weight excluding hydrogens is 258 g/mol. The topological polar surface area (TPSA) is 92.1 Å². The van der Waals surface area contributed by atoms with E-state index in [9.17, 15) is 9.59 Å². The molecule has 2 rings (SSSR count). The number of esters is 1. The SMILES string of the molecule is CCOC(=O)C1(N=[N+]=[N-])CCCc2ccccc2C1=O. The number of rotatable bonds is 3. The summed E-state index contributed by atoms with van der Waals surface area (Å²) >= 11 is 0. The van der Waals surface area contributed by atoms with Crippen molar-refractivity contribution < 1.29 is 14.3 Å². The van der Waals surface area contributed by atoms with Crippen LogP contribution in [0.1, 0.15) is 35.7 Å². The Kier molecular flexibility index (Phi) is 4.05. The van der Waals surface area contributed by atoms with Crippen molar-refractivity contribution >= 4 is 11.8 Å². The Morgan fingerprint density at radius 1 is 1.50 bits per heavy atom. The highest BCUT2D eigenvalue weighted by Crippen LogP contribution is 2.32. The predicted molar refractivity (Wildman–Crippen MR) is 72.2 cm³/mol. The highest BCUT2D eigenvalue weighted by Gasteiger charge is 2.48. The number of benzene rings is 1. The Hall–Kier alpha value is -2.33. The summed E-state index contributed by atoms with van der Waals surface area (Å²) in [6.45, 7) is 1.78. The summed E-state index contributed by atoms with van der Waals surface area (Å²) in [6, 6.07) is 7.08. The molecule has 0 aromatic heterocycles. The summed E-state index contributed by atoms with van der Waals surface area (Å²) in [5.74, 6) is -1.23. The summed E-state index contributed by atoms with van der Waals surface area (Å²) < 4.78 is 4.95. The highest BCUT2D eigenvalue weighted by molar-refractivity contribution is 6.17. The molecule has 6 nitrogen and oxygen atoms in total. The Balaban J connectivity index is 2.55. The van der Waals surface area contributed by atoms with Crippen LogP contribution in [0.15, 0.2) is 29.4 Å². The van der Waals surface area contributed by atoms with E-state index in [0.29, 0.717) is 18.4 Å². The van der Waals surface area contributed by atoms with Gasteiger partial charge in [0.05, 0.1) is 6.61 Å². The molecule has 6 heteroatoms. The van der Waals surface area contributed by atoms with E-state index in [1.165, 1.54) is 0 Å². The third-order valence-corrected chi connectivity index (χ3v) is 3.45. The standard InChI is InChI=1S/C14H15N3O3/c1-2-20-13(19)14(16-17-15)9-5-7-10-6-3-4-8-11(10)12(14)18/h3-4,6,8H,2,5,7,9H2,1H3. The second-order valence-corrected chi connectivity index (χ2v) is 4.61. The number of nitrogens with zero attached hydrogens (tertiary/aromatic N) is 3. The Labute approximate surface area is 116 Å². The van der Waals surface area contributed by atoms with E-state index in [4.69, 9.17) is 10.3 Å². The lowest BCUT2D eigenvalue weighted by atomic mass is 9.87. The highest BCUT2D eigenvalue weighted by atomic mass is 16.5. The van der Waals surface area contributed by atoms with Gasteiger partial charge in [0.1, 0.15) is 0 Å². The first kappa shape index (κ1) is 14.1. The van der Waals surface area contributed by atoms with Gasteiger partial charge in [-0.15, -0.1) is 0 Å². The predicted octanol–water partition coefficient (Wildman–Crippen LogP) is 2.82. The van der Waals surface area contributed by atoms with Crippen LogP contribution in [0, 0.1) is 0 Å². The third-order valence-electron chi connectivity index (χ3n) is 3.45. The van der Waals surface area contributed by atoms with Gasteiger partial charge >= 0.3 is 5.97 Å². The maximum atomic E-state index is 12.7. The zero-order valence-electron chi connectivity index (χ0n) is 11.2. The molecular formula is C14H15N3O3. The van der Waals surface area contributed by atoms with Crippen LogP contribution in [-0.2, 0) is 16.0 Å². The quantitative estimate of drug-likeness (QED) is 0.212. The smallest absolute Gasteiger partial charge is 0.326 e. The van der Waals surface area contributed by atoms with Crippen molar-refractivity contribution in [2.24, 2.45) is 5.11 Å². The second-order valence-electron chi connectivity index (χ2n) is 4.61. The van der Waals surface area contributed by atoms with Gasteiger partial charge in [0.25, 0.3) is 0 Å². The summed E-state index contributed by atoms with van der Waals surface area (Å²) in [6.07, 6.45) is 1.42. The van der Waals surface area contributed by atoms with E-state index in [1.54, 1.807) is 19.1 Å². The Morgan fingerprint density at radius 2 is 2.25 bits per heavy atom. The van der Waals surface area contributed by atoms with E-state index in [-0.39, 0.29) is 13.0 Å². The third kappa shape index (κ3) is 2.26. The molecule has 0 saturated carbocycles. The van der Waals surface area contributed by atoms with Crippen LogP contribution in [0.2, 0.25) is 0 Å². The number of hydrogen-bond acceptors (Lipinski definition) is 4. The molecule has 1 aromatic carbocycles. The minimum absolute atomic E-state index is 0.135. The van der Waals surface area contributed by atoms with Crippen LogP contribution >= 0.6 is 0 Å². The Morgan fingerprint density at radius 3 is 2.95 bits per heavy atom. The number of hydrogen-bond donors (Lipinski definition) is 0. The molecule has 1 unspecified atom stereocenters. The fourth-order valence-electron chi connectivity index (χ4n) is 2.49. The fraction of sp³-hybridized carbons (Fsp3) is 0.429. The van der Waals surface area contributed by atoms with Gasteiger partial charge in [-0.1, -0.05) is 29.4 Å². The molecule has 0 aliphatic heterocycles. The molecule has 0 N–H and O–H groups in total. The van der Waals surface area contributed by atoms with Gasteiger partial charge in [-0.05, 0) is 37.3 Å². The van der Waals surface area contributed by atoms with Gasteiger partial charge < -0.3 is 4.74 Å². The van der Waals surface area contributed by atoms with Gasteiger partial charge in [-0.3, -0.25) is 9.59 Å². The van der Waals surface area contributed by atoms with Gasteiger partial charge in [0.2, 0.25) is 5.54 Å². The average Bonchev–Trinajstić information content (AvgIpc) is 2.59. The monoisotopic (exact) mass is 273 g/mol. The molecule has 0 amide bonds. The first-order valence-corrected chi connectivity index (χ1v) is 6.52. The number of fused-ring (bicyclic) bond motifs is 1. The lowest BCUT2D eigenvalue weighted by molar-refractivity contribution is -0.147. The van der Waals surface area contributed by atoms with Crippen molar-refractivity contribution in [3.05, 3.63) is 45.8 Å². The molecule has 0 bridgehead atoms. The zero-order valence-corrected chi connectivity index (χ0v) is 11.2. The molecule has 0 saturated heterocycles. The van der Waals surface area contributed by atoms with Gasteiger partial charge in [-0.2, -0.15) is 0 Å². The molecule has 1 atom stereocenters. The van der Waals surface area contributed by atoms with Crippen molar-refractivity contribution in [1.29, 1.82) is 0 Å². The van der Waals surface area contributed by atoms with Crippen molar-refractivity contribution in [2.75, 3.05) is 6.61 Å². The molecule has 1 aliphatic carbocycles. The summed E-state index contributed by atoms with van der Waals surface area (Å²) in [4.78, 5) is 27.6. The fourth-order valence-corrected chi connectivity index (χ4v) is 2.49. The van der Waals surface area contributed by atoms with Crippen LogP contribution in [-0.4, -0.2) is 23.9 Å². The van der Waals surface area contributed by atoms with Gasteiger partial charge in [0, 0.05) is 10.5 Å². The van der Waals surface area contributed by atoms with E-state index in [2.05, 4.69) is 10.0 Å². The summed E-state index contributed by atoms with van der Waals surface area (Å²) in [5, 5.41) is 3.53. The molecule has 1 aliphatic rings. The van der Waals surface area contributed by atoms with Gasteiger partial charge in [-0.25, -0.2) is 0 Å². The first-order chi connectivity index (χ1) is 9.65. The normalized spacial score (nSPS) is 21.4. The van der Waals surface area contributed by atoms with Crippen LogP contribution in [0.5, 0.6) is 0 Å². The number of aryl methyl sites for hydroxylation is 1. The zero-order chi connectivity index (χ0) is 14.6. The van der Waals surface area contributed by atoms with Crippen LogP contribution in [0.3, 0.4) is 0 Å². The van der Waals surface area contributed by atoms with Crippen molar-refractivity contribution in [3.8, 4) is 0 Å². The molecule has 20 heavy (non-hydrogen) atoms. The van der Waals surface area contributed by atoms with Gasteiger partial charge in [0.15, 0.2) is 5.78 Å². The maximum Gasteiger partial charge on any atom is 0.326 e. The molecule has 0 fully saturated rings. The van der Waals surface area contributed by atoms with Crippen molar-refractivity contribution in [3.63, 3.8) is 0 Å². The number of azide groups is 1. The van der Waals surface area contributed by atoms with Crippen LogP contribution in [0.4, 0.5) is 0 Å². The lowest BCUT2D eigenvalue weighted by Crippen LogP contribution is -2.45. The number of carbonyl (C=O) groups is 2. The lowest BCUT2D eigenvalue weighted by Gasteiger charge is -2.23. The number of ether oxygens (including phenoxy) is 1. The van der Waals surface area contributed by atoms with Crippen LogP contribution in [0.25, 0.3) is 10.4 Å². The summed E-state index contributed by atoms with van der Waals surface area (Å²) in [5.41, 5.74) is 8.30. The minimum atomic E-state index is -1.77. The van der Waals surface area contributed by atoms with E-state index in [1.807, 2.05) is 12.1 Å². The molecule has 0 radical (unpaired) electrons. The molecule has 104 valence electrons. The van der Waals surface area contributed by atoms with Crippen molar-refractivity contribution in [2.45, 2.75) is 31.7 Å². The molecule has 0 spiro atoms. The number of ketones is 1. The minimum Gasteiger partial charge on any atom is -0.465 e. The van der Waals surface area contributed by atoms with Crippen LogP contribution < -0.4 is 0 Å². The second kappa shape index (κ2) is 5.75. The largest absolute Gasteiger partial charge is 0.465 e. The Bertz CT molecular complexity index is 593. The first-order valence-electron chi connectivity index (χ1n) is 6.52. The number of Topliss-reactive ketones (excluding diaryl/α,β-unsaturated/α-hetero) is 1. The molecule has 1 aromatic rings. The van der Waals surface area contributed by atoms with E-state index in [0.717, 1.165) is 5.56 Å². The van der Waals surface area contributed by atoms with Crippen molar-refractivity contribution in [1.82, 2.24) is 0 Å².